The molecule has 0 unspecified atom stereocenters. The maximum Gasteiger partial charge on any atom is 0.0602 e. The number of benzene rings is 3. The Balaban J connectivity index is 1.38. The lowest BCUT2D eigenvalue weighted by Crippen LogP contribution is -2.47. The predicted octanol–water partition coefficient (Wildman–Crippen LogP) is 3.97. The summed E-state index contributed by atoms with van der Waals surface area (Å²) in [4.78, 5) is 5.11. The number of hydrogen-bond donors (Lipinski definition) is 3. The van der Waals surface area contributed by atoms with Gasteiger partial charge in [-0.05, 0) is 35.2 Å². The molecule has 5 heteroatoms. The van der Waals surface area contributed by atoms with Gasteiger partial charge in [-0.3, -0.25) is 9.80 Å². The van der Waals surface area contributed by atoms with Crippen molar-refractivity contribution in [3.05, 3.63) is 95.6 Å². The average Bonchev–Trinajstić information content (AvgIpc) is 2.83. The average molecular weight is 431 g/mol. The SMILES string of the molecule is Nc1cc(CN2CCN(C(c3ccccc3)c3ccccc3)CC2)ccc1NCCCO. The zero-order valence-corrected chi connectivity index (χ0v) is 18.7. The van der Waals surface area contributed by atoms with Gasteiger partial charge in [0.2, 0.25) is 0 Å². The summed E-state index contributed by atoms with van der Waals surface area (Å²) < 4.78 is 0. The first kappa shape index (κ1) is 22.3. The molecule has 0 atom stereocenters. The fourth-order valence-electron chi connectivity index (χ4n) is 4.50. The Morgan fingerprint density at radius 1 is 0.844 bits per heavy atom. The van der Waals surface area contributed by atoms with Crippen molar-refractivity contribution in [2.24, 2.45) is 0 Å². The lowest BCUT2D eigenvalue weighted by Gasteiger charge is -2.40. The molecule has 0 spiro atoms. The quantitative estimate of drug-likeness (QED) is 0.354. The Bertz CT molecular complexity index is 916. The molecule has 1 heterocycles. The van der Waals surface area contributed by atoms with Crippen LogP contribution < -0.4 is 11.1 Å². The molecule has 1 saturated heterocycles. The fraction of sp³-hybridized carbons (Fsp3) is 0.333. The molecule has 0 saturated carbocycles. The molecule has 0 bridgehead atoms. The monoisotopic (exact) mass is 430 g/mol. The molecular weight excluding hydrogens is 396 g/mol. The van der Waals surface area contributed by atoms with Gasteiger partial charge in [-0.25, -0.2) is 0 Å². The summed E-state index contributed by atoms with van der Waals surface area (Å²) in [5.74, 6) is 0. The zero-order chi connectivity index (χ0) is 22.2. The van der Waals surface area contributed by atoms with Gasteiger partial charge in [0.05, 0.1) is 17.4 Å². The van der Waals surface area contributed by atoms with Crippen LogP contribution in [-0.4, -0.2) is 54.2 Å². The van der Waals surface area contributed by atoms with Crippen molar-refractivity contribution < 1.29 is 5.11 Å². The third kappa shape index (κ3) is 5.68. The normalized spacial score (nSPS) is 15.2. The van der Waals surface area contributed by atoms with E-state index in [1.165, 1.54) is 16.7 Å². The summed E-state index contributed by atoms with van der Waals surface area (Å²) in [7, 11) is 0. The maximum absolute atomic E-state index is 8.94. The summed E-state index contributed by atoms with van der Waals surface area (Å²) in [6.45, 7) is 5.96. The van der Waals surface area contributed by atoms with Crippen LogP contribution in [0.4, 0.5) is 11.4 Å². The number of hydrogen-bond acceptors (Lipinski definition) is 5. The highest BCUT2D eigenvalue weighted by Crippen LogP contribution is 2.30. The number of aliphatic hydroxyl groups excluding tert-OH is 1. The van der Waals surface area contributed by atoms with Crippen molar-refractivity contribution in [2.75, 3.05) is 50.4 Å². The van der Waals surface area contributed by atoms with Crippen molar-refractivity contribution in [3.63, 3.8) is 0 Å². The lowest BCUT2D eigenvalue weighted by molar-refractivity contribution is 0.105. The Labute approximate surface area is 191 Å². The van der Waals surface area contributed by atoms with E-state index in [0.717, 1.165) is 57.1 Å². The molecule has 0 amide bonds. The van der Waals surface area contributed by atoms with E-state index in [1.54, 1.807) is 0 Å². The first-order valence-electron chi connectivity index (χ1n) is 11.5. The van der Waals surface area contributed by atoms with Gasteiger partial charge in [0.15, 0.2) is 0 Å². The van der Waals surface area contributed by atoms with E-state index in [-0.39, 0.29) is 6.61 Å². The first-order chi connectivity index (χ1) is 15.7. The number of rotatable bonds is 9. The molecule has 32 heavy (non-hydrogen) atoms. The number of nitrogens with zero attached hydrogens (tertiary/aromatic N) is 2. The molecule has 1 aliphatic heterocycles. The van der Waals surface area contributed by atoms with Crippen molar-refractivity contribution in [2.45, 2.75) is 19.0 Å². The molecule has 0 aromatic heterocycles. The van der Waals surface area contributed by atoms with E-state index in [4.69, 9.17) is 10.8 Å². The zero-order valence-electron chi connectivity index (χ0n) is 18.7. The van der Waals surface area contributed by atoms with Gasteiger partial charge in [-0.2, -0.15) is 0 Å². The number of nitrogen functional groups attached to an aromatic ring is 1. The number of nitrogens with two attached hydrogens (primary N) is 1. The molecule has 1 fully saturated rings. The van der Waals surface area contributed by atoms with Crippen LogP contribution in [0, 0.1) is 0 Å². The van der Waals surface area contributed by atoms with E-state index in [0.29, 0.717) is 6.04 Å². The number of nitrogens with one attached hydrogen (secondary N) is 1. The van der Waals surface area contributed by atoms with Gasteiger partial charge in [-0.1, -0.05) is 66.7 Å². The minimum Gasteiger partial charge on any atom is -0.397 e. The van der Waals surface area contributed by atoms with Crippen LogP contribution in [-0.2, 0) is 6.54 Å². The summed E-state index contributed by atoms with van der Waals surface area (Å²) in [6, 6.07) is 28.2. The predicted molar refractivity (Wildman–Crippen MR) is 133 cm³/mol. The van der Waals surface area contributed by atoms with Gasteiger partial charge in [0.1, 0.15) is 0 Å². The summed E-state index contributed by atoms with van der Waals surface area (Å²) in [6.07, 6.45) is 0.721. The molecule has 4 N–H and O–H groups in total. The highest BCUT2D eigenvalue weighted by Gasteiger charge is 2.26. The molecule has 0 radical (unpaired) electrons. The van der Waals surface area contributed by atoms with Gasteiger partial charge in [0, 0.05) is 45.9 Å². The minimum atomic E-state index is 0.187. The first-order valence-corrected chi connectivity index (χ1v) is 11.5. The van der Waals surface area contributed by atoms with Gasteiger partial charge < -0.3 is 16.2 Å². The standard InChI is InChI=1S/C27H34N4O/c28-25-20-22(12-13-26(25)29-14-7-19-32)21-30-15-17-31(18-16-30)27(23-8-3-1-4-9-23)24-10-5-2-6-11-24/h1-6,8-13,20,27,29,32H,7,14-19,21,28H2. The maximum atomic E-state index is 8.94. The molecule has 3 aromatic carbocycles. The Hall–Kier alpha value is -2.86. The number of anilines is 2. The Morgan fingerprint density at radius 2 is 1.47 bits per heavy atom. The topological polar surface area (TPSA) is 64.8 Å². The van der Waals surface area contributed by atoms with Crippen molar-refractivity contribution in [3.8, 4) is 0 Å². The summed E-state index contributed by atoms with van der Waals surface area (Å²) >= 11 is 0. The third-order valence-corrected chi connectivity index (χ3v) is 6.18. The van der Waals surface area contributed by atoms with Gasteiger partial charge in [-0.15, -0.1) is 0 Å². The van der Waals surface area contributed by atoms with Crippen LogP contribution >= 0.6 is 0 Å². The smallest absolute Gasteiger partial charge is 0.0602 e. The van der Waals surface area contributed by atoms with E-state index < -0.39 is 0 Å². The van der Waals surface area contributed by atoms with E-state index in [1.807, 2.05) is 0 Å². The lowest BCUT2D eigenvalue weighted by atomic mass is 9.96. The van der Waals surface area contributed by atoms with Crippen LogP contribution in [0.2, 0.25) is 0 Å². The van der Waals surface area contributed by atoms with Crippen LogP contribution in [0.5, 0.6) is 0 Å². The highest BCUT2D eigenvalue weighted by molar-refractivity contribution is 5.66. The van der Waals surface area contributed by atoms with Crippen LogP contribution in [0.25, 0.3) is 0 Å². The molecule has 0 aliphatic carbocycles. The van der Waals surface area contributed by atoms with Gasteiger partial charge in [0.25, 0.3) is 0 Å². The van der Waals surface area contributed by atoms with E-state index in [9.17, 15) is 0 Å². The second kappa shape index (κ2) is 11.1. The third-order valence-electron chi connectivity index (χ3n) is 6.18. The molecule has 1 aliphatic rings. The second-order valence-corrected chi connectivity index (χ2v) is 8.46. The van der Waals surface area contributed by atoms with E-state index in [2.05, 4.69) is 94.0 Å². The largest absolute Gasteiger partial charge is 0.397 e. The Morgan fingerprint density at radius 3 is 2.03 bits per heavy atom. The van der Waals surface area contributed by atoms with Crippen molar-refractivity contribution in [1.29, 1.82) is 0 Å². The summed E-state index contributed by atoms with van der Waals surface area (Å²) in [5.41, 5.74) is 11.9. The molecular formula is C27H34N4O. The minimum absolute atomic E-state index is 0.187. The molecule has 4 rings (SSSR count). The van der Waals surface area contributed by atoms with E-state index >= 15 is 0 Å². The van der Waals surface area contributed by atoms with Crippen LogP contribution in [0.15, 0.2) is 78.9 Å². The highest BCUT2D eigenvalue weighted by atomic mass is 16.3. The number of piperazine rings is 1. The second-order valence-electron chi connectivity index (χ2n) is 8.46. The van der Waals surface area contributed by atoms with Crippen LogP contribution in [0.3, 0.4) is 0 Å². The Kier molecular flexibility index (Phi) is 7.77. The number of aliphatic hydroxyl groups is 1. The van der Waals surface area contributed by atoms with Gasteiger partial charge >= 0.3 is 0 Å². The molecule has 5 nitrogen and oxygen atoms in total. The van der Waals surface area contributed by atoms with Crippen molar-refractivity contribution in [1.82, 2.24) is 9.80 Å². The molecule has 168 valence electrons. The summed E-state index contributed by atoms with van der Waals surface area (Å²) in [5, 5.41) is 12.2. The van der Waals surface area contributed by atoms with Crippen molar-refractivity contribution >= 4 is 11.4 Å². The fourth-order valence-corrected chi connectivity index (χ4v) is 4.50. The molecule has 3 aromatic rings. The van der Waals surface area contributed by atoms with Crippen LogP contribution in [0.1, 0.15) is 29.2 Å².